The second kappa shape index (κ2) is 8.38. The maximum atomic E-state index is 12.2. The van der Waals surface area contributed by atoms with Crippen LogP contribution in [0.25, 0.3) is 0 Å². The number of halogens is 1. The molecule has 0 spiro atoms. The fourth-order valence-corrected chi connectivity index (χ4v) is 3.49. The first-order chi connectivity index (χ1) is 12.6. The molecular formula is C19H17ClN2O3S. The van der Waals surface area contributed by atoms with Gasteiger partial charge in [0.25, 0.3) is 11.8 Å². The van der Waals surface area contributed by atoms with Crippen molar-refractivity contribution in [2.75, 3.05) is 18.1 Å². The number of fused-ring (bicyclic) bond motifs is 1. The summed E-state index contributed by atoms with van der Waals surface area (Å²) in [5, 5.41) is 3.48. The quantitative estimate of drug-likeness (QED) is 0.585. The van der Waals surface area contributed by atoms with Gasteiger partial charge in [0.15, 0.2) is 0 Å². The van der Waals surface area contributed by atoms with E-state index in [9.17, 15) is 14.4 Å². The van der Waals surface area contributed by atoms with Crippen LogP contribution < -0.4 is 5.32 Å². The van der Waals surface area contributed by atoms with Crippen LogP contribution in [0.5, 0.6) is 0 Å². The SMILES string of the molecule is O=C(CSCCN1C(=O)c2ccccc2C1=O)NCc1ccc(Cl)cc1. The highest BCUT2D eigenvalue weighted by Gasteiger charge is 2.34. The molecule has 1 N–H and O–H groups in total. The van der Waals surface area contributed by atoms with Gasteiger partial charge >= 0.3 is 0 Å². The highest BCUT2D eigenvalue weighted by atomic mass is 35.5. The van der Waals surface area contributed by atoms with Gasteiger partial charge in [-0.1, -0.05) is 35.9 Å². The van der Waals surface area contributed by atoms with Gasteiger partial charge in [-0.05, 0) is 29.8 Å². The predicted molar refractivity (Wildman–Crippen MR) is 102 cm³/mol. The molecule has 0 saturated carbocycles. The fourth-order valence-electron chi connectivity index (χ4n) is 2.62. The van der Waals surface area contributed by atoms with Gasteiger partial charge < -0.3 is 5.32 Å². The minimum absolute atomic E-state index is 0.0905. The summed E-state index contributed by atoms with van der Waals surface area (Å²) in [6, 6.07) is 14.1. The van der Waals surface area contributed by atoms with Crippen LogP contribution in [-0.2, 0) is 11.3 Å². The van der Waals surface area contributed by atoms with Gasteiger partial charge in [-0.15, -0.1) is 0 Å². The maximum absolute atomic E-state index is 12.2. The monoisotopic (exact) mass is 388 g/mol. The number of nitrogens with zero attached hydrogens (tertiary/aromatic N) is 1. The number of rotatable bonds is 7. The molecule has 0 unspecified atom stereocenters. The van der Waals surface area contributed by atoms with E-state index in [4.69, 9.17) is 11.6 Å². The average Bonchev–Trinajstić information content (AvgIpc) is 2.89. The Labute approximate surface area is 160 Å². The Bertz CT molecular complexity index is 804. The normalized spacial score (nSPS) is 13.0. The minimum atomic E-state index is -0.265. The molecule has 134 valence electrons. The maximum Gasteiger partial charge on any atom is 0.261 e. The molecule has 3 rings (SSSR count). The Hall–Kier alpha value is -2.31. The first-order valence-corrected chi connectivity index (χ1v) is 9.63. The van der Waals surface area contributed by atoms with Crippen molar-refractivity contribution in [3.05, 3.63) is 70.2 Å². The summed E-state index contributed by atoms with van der Waals surface area (Å²) in [5.74, 6) is 0.167. The highest BCUT2D eigenvalue weighted by molar-refractivity contribution is 7.99. The van der Waals surface area contributed by atoms with Crippen molar-refractivity contribution in [1.82, 2.24) is 10.2 Å². The molecule has 1 aliphatic rings. The number of hydrogen-bond donors (Lipinski definition) is 1. The topological polar surface area (TPSA) is 66.5 Å². The van der Waals surface area contributed by atoms with Crippen LogP contribution in [0.4, 0.5) is 0 Å². The molecule has 3 amide bonds. The first-order valence-electron chi connectivity index (χ1n) is 8.10. The summed E-state index contributed by atoms with van der Waals surface area (Å²) in [7, 11) is 0. The summed E-state index contributed by atoms with van der Waals surface area (Å²) in [5.41, 5.74) is 1.87. The van der Waals surface area contributed by atoms with Crippen molar-refractivity contribution in [2.24, 2.45) is 0 Å². The van der Waals surface area contributed by atoms with E-state index in [2.05, 4.69) is 5.32 Å². The van der Waals surface area contributed by atoms with E-state index in [1.807, 2.05) is 12.1 Å². The molecular weight excluding hydrogens is 372 g/mol. The molecule has 0 aliphatic carbocycles. The number of benzene rings is 2. The highest BCUT2D eigenvalue weighted by Crippen LogP contribution is 2.22. The summed E-state index contributed by atoms with van der Waals surface area (Å²) in [6.07, 6.45) is 0. The lowest BCUT2D eigenvalue weighted by molar-refractivity contribution is -0.118. The lowest BCUT2D eigenvalue weighted by Gasteiger charge is -2.13. The van der Waals surface area contributed by atoms with Gasteiger partial charge in [-0.2, -0.15) is 11.8 Å². The Balaban J connectivity index is 1.39. The van der Waals surface area contributed by atoms with Crippen molar-refractivity contribution in [1.29, 1.82) is 0 Å². The van der Waals surface area contributed by atoms with E-state index in [0.29, 0.717) is 35.0 Å². The second-order valence-electron chi connectivity index (χ2n) is 5.76. The molecule has 26 heavy (non-hydrogen) atoms. The zero-order chi connectivity index (χ0) is 18.5. The van der Waals surface area contributed by atoms with E-state index in [-0.39, 0.29) is 23.5 Å². The van der Waals surface area contributed by atoms with Crippen molar-refractivity contribution in [2.45, 2.75) is 6.54 Å². The van der Waals surface area contributed by atoms with Crippen LogP contribution in [-0.4, -0.2) is 40.7 Å². The predicted octanol–water partition coefficient (Wildman–Crippen LogP) is 2.99. The van der Waals surface area contributed by atoms with Crippen LogP contribution in [0.1, 0.15) is 26.3 Å². The molecule has 0 radical (unpaired) electrons. The lowest BCUT2D eigenvalue weighted by atomic mass is 10.1. The lowest BCUT2D eigenvalue weighted by Crippen LogP contribution is -2.32. The van der Waals surface area contributed by atoms with Crippen LogP contribution in [0.3, 0.4) is 0 Å². The molecule has 2 aromatic rings. The molecule has 1 aliphatic heterocycles. The van der Waals surface area contributed by atoms with Gasteiger partial charge in [0.2, 0.25) is 5.91 Å². The van der Waals surface area contributed by atoms with E-state index < -0.39 is 0 Å². The third-order valence-electron chi connectivity index (χ3n) is 3.97. The van der Waals surface area contributed by atoms with E-state index in [0.717, 1.165) is 5.56 Å². The third-order valence-corrected chi connectivity index (χ3v) is 5.16. The number of nitrogens with one attached hydrogen (secondary N) is 1. The van der Waals surface area contributed by atoms with Crippen LogP contribution in [0.15, 0.2) is 48.5 Å². The molecule has 0 aromatic heterocycles. The number of hydrogen-bond acceptors (Lipinski definition) is 4. The summed E-state index contributed by atoms with van der Waals surface area (Å²) < 4.78 is 0. The summed E-state index contributed by atoms with van der Waals surface area (Å²) in [4.78, 5) is 37.6. The van der Waals surface area contributed by atoms with Gasteiger partial charge in [0.05, 0.1) is 16.9 Å². The number of amides is 3. The van der Waals surface area contributed by atoms with Crippen molar-refractivity contribution in [3.8, 4) is 0 Å². The van der Waals surface area contributed by atoms with Gasteiger partial charge in [-0.25, -0.2) is 0 Å². The zero-order valence-electron chi connectivity index (χ0n) is 13.9. The Morgan fingerprint density at radius 1 is 1.00 bits per heavy atom. The molecule has 7 heteroatoms. The average molecular weight is 389 g/mol. The third kappa shape index (κ3) is 4.26. The number of carbonyl (C=O) groups is 3. The molecule has 5 nitrogen and oxygen atoms in total. The van der Waals surface area contributed by atoms with Crippen LogP contribution in [0.2, 0.25) is 5.02 Å². The largest absolute Gasteiger partial charge is 0.351 e. The number of carbonyl (C=O) groups excluding carboxylic acids is 3. The summed E-state index contributed by atoms with van der Waals surface area (Å²) in [6.45, 7) is 0.733. The van der Waals surface area contributed by atoms with Gasteiger partial charge in [0, 0.05) is 23.9 Å². The van der Waals surface area contributed by atoms with Crippen molar-refractivity contribution in [3.63, 3.8) is 0 Å². The Kier molecular flexibility index (Phi) is 5.96. The molecule has 1 heterocycles. The zero-order valence-corrected chi connectivity index (χ0v) is 15.5. The second-order valence-corrected chi connectivity index (χ2v) is 7.30. The van der Waals surface area contributed by atoms with Crippen LogP contribution >= 0.6 is 23.4 Å². The molecule has 2 aromatic carbocycles. The number of thioether (sulfide) groups is 1. The standard InChI is InChI=1S/C19H17ClN2O3S/c20-14-7-5-13(6-8-14)11-21-17(23)12-26-10-9-22-18(24)15-3-1-2-4-16(15)19(22)25/h1-8H,9-12H2,(H,21,23). The van der Waals surface area contributed by atoms with Crippen molar-refractivity contribution < 1.29 is 14.4 Å². The number of imide groups is 1. The smallest absolute Gasteiger partial charge is 0.261 e. The van der Waals surface area contributed by atoms with E-state index >= 15 is 0 Å². The first kappa shape index (κ1) is 18.5. The molecule has 0 bridgehead atoms. The Morgan fingerprint density at radius 2 is 1.62 bits per heavy atom. The van der Waals surface area contributed by atoms with Gasteiger partial charge in [-0.3, -0.25) is 19.3 Å². The van der Waals surface area contributed by atoms with E-state index in [1.165, 1.54) is 16.7 Å². The molecule has 0 saturated heterocycles. The summed E-state index contributed by atoms with van der Waals surface area (Å²) >= 11 is 7.21. The molecule has 0 fully saturated rings. The van der Waals surface area contributed by atoms with E-state index in [1.54, 1.807) is 36.4 Å². The molecule has 0 atom stereocenters. The Morgan fingerprint density at radius 3 is 2.23 bits per heavy atom. The van der Waals surface area contributed by atoms with Gasteiger partial charge in [0.1, 0.15) is 0 Å². The van der Waals surface area contributed by atoms with Crippen LogP contribution in [0, 0.1) is 0 Å². The minimum Gasteiger partial charge on any atom is -0.351 e. The fraction of sp³-hybridized carbons (Fsp3) is 0.211. The van der Waals surface area contributed by atoms with Crippen molar-refractivity contribution >= 4 is 41.1 Å².